The summed E-state index contributed by atoms with van der Waals surface area (Å²) in [4.78, 5) is 37.6. The molecule has 2 aromatic heterocycles. The fraction of sp³-hybridized carbons (Fsp3) is 0.448. The normalized spacial score (nSPS) is 22.5. The van der Waals surface area contributed by atoms with E-state index in [1.54, 1.807) is 24.3 Å². The van der Waals surface area contributed by atoms with Gasteiger partial charge in [-0.05, 0) is 31.7 Å². The quantitative estimate of drug-likeness (QED) is 0.130. The Morgan fingerprint density at radius 3 is 2.84 bits per heavy atom. The molecule has 3 heterocycles. The fourth-order valence-electron chi connectivity index (χ4n) is 4.91. The van der Waals surface area contributed by atoms with Gasteiger partial charge in [0.1, 0.15) is 18.3 Å². The average Bonchev–Trinajstić information content (AvgIpc) is 3.53. The molecule has 6 atom stereocenters. The lowest BCUT2D eigenvalue weighted by molar-refractivity contribution is -0.169. The van der Waals surface area contributed by atoms with Crippen molar-refractivity contribution < 1.29 is 42.7 Å². The molecule has 4 aromatic rings. The molecular weight excluding hydrogens is 610 g/mol. The SMILES string of the molecule is CCCCOC(=O)[C@H](C)N=[P+]([O-])Oc1c(OC[C@H]2OC(n3cnc4c(OC)nc(N)nc43)[C@](C)(O)[C@@H]2F)ccc2ccccc12. The fourth-order valence-corrected chi connectivity index (χ4v) is 5.68. The number of nitrogens with zero attached hydrogens (tertiary/aromatic N) is 5. The summed E-state index contributed by atoms with van der Waals surface area (Å²) < 4.78 is 49.1. The van der Waals surface area contributed by atoms with E-state index in [1.807, 2.05) is 19.1 Å². The maximum absolute atomic E-state index is 15.7. The summed E-state index contributed by atoms with van der Waals surface area (Å²) in [5, 5.41) is 12.5. The molecule has 14 nitrogen and oxygen atoms in total. The van der Waals surface area contributed by atoms with Crippen molar-refractivity contribution in [2.45, 2.75) is 63.8 Å². The van der Waals surface area contributed by atoms with Crippen LogP contribution in [-0.4, -0.2) is 74.8 Å². The first-order valence-electron chi connectivity index (χ1n) is 14.3. The number of nitrogens with two attached hydrogens (primary N) is 1. The molecule has 0 amide bonds. The molecule has 16 heteroatoms. The van der Waals surface area contributed by atoms with Crippen LogP contribution in [0.3, 0.4) is 0 Å². The Morgan fingerprint density at radius 2 is 2.09 bits per heavy atom. The number of carbonyl (C=O) groups is 1. The molecule has 1 aliphatic heterocycles. The number of anilines is 1. The zero-order valence-electron chi connectivity index (χ0n) is 25.1. The first kappa shape index (κ1) is 32.2. The molecule has 0 spiro atoms. The maximum Gasteiger partial charge on any atom is 0.395 e. The Balaban J connectivity index is 1.37. The third-order valence-electron chi connectivity index (χ3n) is 7.31. The highest BCUT2D eigenvalue weighted by molar-refractivity contribution is 7.34. The van der Waals surface area contributed by atoms with Crippen LogP contribution in [0, 0.1) is 0 Å². The standard InChI is InChI=1S/C29H34FN6O8P/c1-5-6-13-41-26(37)16(2)35-45(39)44-22-18-10-8-7-9-17(18)11-12-19(22)42-14-20-23(30)29(3,38)27(43-20)36-15-32-21-24(36)33-28(31)34-25(21)40-4/h7-12,15-16,20,23,27,38H,5-6,13-14H2,1-4H3,(H2,31,33,34)/t16-,20+,23+,27?,29+/m0/s1. The molecule has 1 fully saturated rings. The smallest absolute Gasteiger partial charge is 0.395 e. The number of methoxy groups -OCH3 is 1. The summed E-state index contributed by atoms with van der Waals surface area (Å²) in [6.07, 6.45) is -1.53. The second-order valence-electron chi connectivity index (χ2n) is 10.6. The van der Waals surface area contributed by atoms with Crippen LogP contribution in [0.15, 0.2) is 47.5 Å². The van der Waals surface area contributed by atoms with Crippen LogP contribution in [0.2, 0.25) is 0 Å². The summed E-state index contributed by atoms with van der Waals surface area (Å²) in [5.41, 5.74) is 4.22. The van der Waals surface area contributed by atoms with Gasteiger partial charge in [-0.3, -0.25) is 9.09 Å². The predicted octanol–water partition coefficient (Wildman–Crippen LogP) is 3.60. The molecule has 45 heavy (non-hydrogen) atoms. The summed E-state index contributed by atoms with van der Waals surface area (Å²) >= 11 is 0. The van der Waals surface area contributed by atoms with Crippen molar-refractivity contribution in [2.24, 2.45) is 4.74 Å². The van der Waals surface area contributed by atoms with Crippen molar-refractivity contribution in [1.29, 1.82) is 0 Å². The number of unbranched alkanes of at least 4 members (excludes halogenated alkanes) is 1. The number of halogens is 1. The zero-order valence-corrected chi connectivity index (χ0v) is 26.0. The van der Waals surface area contributed by atoms with Crippen LogP contribution in [0.25, 0.3) is 21.9 Å². The van der Waals surface area contributed by atoms with Crippen molar-refractivity contribution in [1.82, 2.24) is 19.5 Å². The van der Waals surface area contributed by atoms with E-state index < -0.39 is 44.3 Å². The predicted molar refractivity (Wildman–Crippen MR) is 160 cm³/mol. The minimum Gasteiger partial charge on any atom is -0.575 e. The number of alkyl halides is 1. The van der Waals surface area contributed by atoms with E-state index in [4.69, 9.17) is 29.2 Å². The monoisotopic (exact) mass is 644 g/mol. The Morgan fingerprint density at radius 1 is 1.31 bits per heavy atom. The molecule has 5 rings (SSSR count). The summed E-state index contributed by atoms with van der Waals surface area (Å²) in [6.45, 7) is 4.61. The maximum atomic E-state index is 15.7. The van der Waals surface area contributed by atoms with Crippen LogP contribution in [0.5, 0.6) is 17.4 Å². The van der Waals surface area contributed by atoms with Crippen molar-refractivity contribution in [2.75, 3.05) is 26.1 Å². The number of carbonyl (C=O) groups excluding carboxylic acids is 1. The van der Waals surface area contributed by atoms with Gasteiger partial charge in [-0.15, -0.1) is 0 Å². The third kappa shape index (κ3) is 6.61. The van der Waals surface area contributed by atoms with E-state index in [1.165, 1.54) is 31.9 Å². The third-order valence-corrected chi connectivity index (χ3v) is 8.18. The number of aromatic nitrogens is 4. The topological polar surface area (TPSA) is 188 Å². The lowest BCUT2D eigenvalue weighted by Gasteiger charge is -2.26. The summed E-state index contributed by atoms with van der Waals surface area (Å²) in [6, 6.07) is 9.45. The number of esters is 1. The molecule has 0 aliphatic carbocycles. The summed E-state index contributed by atoms with van der Waals surface area (Å²) in [7, 11) is -1.34. The van der Waals surface area contributed by atoms with Crippen molar-refractivity contribution >= 4 is 42.0 Å². The number of aliphatic hydroxyl groups is 1. The van der Waals surface area contributed by atoms with Gasteiger partial charge >= 0.3 is 14.1 Å². The van der Waals surface area contributed by atoms with Crippen LogP contribution < -0.4 is 24.6 Å². The minimum atomic E-state index is -2.73. The van der Waals surface area contributed by atoms with Gasteiger partial charge in [0, 0.05) is 5.39 Å². The highest BCUT2D eigenvalue weighted by atomic mass is 31.1. The number of hydrogen-bond acceptors (Lipinski definition) is 13. The highest BCUT2D eigenvalue weighted by Gasteiger charge is 2.55. The number of benzene rings is 2. The number of nitrogen functional groups attached to an aromatic ring is 1. The van der Waals surface area contributed by atoms with E-state index in [-0.39, 0.29) is 47.7 Å². The van der Waals surface area contributed by atoms with E-state index >= 15 is 4.39 Å². The molecular formula is C29H34FN6O8P. The van der Waals surface area contributed by atoms with E-state index in [2.05, 4.69) is 19.7 Å². The van der Waals surface area contributed by atoms with Gasteiger partial charge in [-0.1, -0.05) is 48.4 Å². The number of ether oxygens (including phenoxy) is 4. The molecule has 3 N–H and O–H groups in total. The molecule has 0 saturated carbocycles. The van der Waals surface area contributed by atoms with Gasteiger partial charge in [0.25, 0.3) is 0 Å². The van der Waals surface area contributed by atoms with Crippen molar-refractivity contribution in [3.8, 4) is 17.4 Å². The van der Waals surface area contributed by atoms with E-state index in [0.717, 1.165) is 11.8 Å². The first-order chi connectivity index (χ1) is 21.5. The Labute approximate surface area is 258 Å². The largest absolute Gasteiger partial charge is 0.575 e. The molecule has 2 aromatic carbocycles. The van der Waals surface area contributed by atoms with Crippen LogP contribution in [0.1, 0.15) is 39.8 Å². The minimum absolute atomic E-state index is 0.0844. The Kier molecular flexibility index (Phi) is 9.63. The zero-order chi connectivity index (χ0) is 32.3. The average molecular weight is 645 g/mol. The molecule has 1 saturated heterocycles. The summed E-state index contributed by atoms with van der Waals surface area (Å²) in [5.74, 6) is -0.393. The van der Waals surface area contributed by atoms with Gasteiger partial charge in [-0.25, -0.2) is 14.2 Å². The molecule has 2 unspecified atom stereocenters. The molecule has 0 radical (unpaired) electrons. The highest BCUT2D eigenvalue weighted by Crippen LogP contribution is 2.44. The number of hydrogen-bond donors (Lipinski definition) is 2. The van der Waals surface area contributed by atoms with Gasteiger partial charge in [0.05, 0.1) is 20.0 Å². The molecule has 0 bridgehead atoms. The van der Waals surface area contributed by atoms with Gasteiger partial charge in [0.15, 0.2) is 35.4 Å². The lowest BCUT2D eigenvalue weighted by Crippen LogP contribution is -2.42. The Bertz CT molecular complexity index is 1720. The van der Waals surface area contributed by atoms with Crippen LogP contribution in [0.4, 0.5) is 10.3 Å². The molecule has 1 aliphatic rings. The second kappa shape index (κ2) is 13.4. The second-order valence-corrected chi connectivity index (χ2v) is 11.5. The lowest BCUT2D eigenvalue weighted by atomic mass is 9.98. The van der Waals surface area contributed by atoms with Crippen LogP contribution in [-0.2, 0) is 14.3 Å². The van der Waals surface area contributed by atoms with E-state index in [0.29, 0.717) is 11.8 Å². The van der Waals surface area contributed by atoms with Crippen LogP contribution >= 0.6 is 8.17 Å². The number of rotatable bonds is 12. The van der Waals surface area contributed by atoms with Gasteiger partial charge in [0.2, 0.25) is 17.6 Å². The van der Waals surface area contributed by atoms with E-state index in [9.17, 15) is 14.8 Å². The number of imidazole rings is 1. The molecule has 240 valence electrons. The number of fused-ring (bicyclic) bond motifs is 2. The van der Waals surface area contributed by atoms with Crippen molar-refractivity contribution in [3.05, 3.63) is 42.7 Å². The van der Waals surface area contributed by atoms with Crippen molar-refractivity contribution in [3.63, 3.8) is 0 Å². The van der Waals surface area contributed by atoms with Gasteiger partial charge < -0.3 is 34.7 Å². The Hall–Kier alpha value is -4.17. The first-order valence-corrected chi connectivity index (χ1v) is 15.4. The van der Waals surface area contributed by atoms with Gasteiger partial charge in [-0.2, -0.15) is 9.97 Å².